The molecule has 0 saturated heterocycles. The van der Waals surface area contributed by atoms with Gasteiger partial charge in [0.2, 0.25) is 5.91 Å². The molecule has 2 rings (SSSR count). The summed E-state index contributed by atoms with van der Waals surface area (Å²) in [4.78, 5) is 12.0. The van der Waals surface area contributed by atoms with E-state index < -0.39 is 0 Å². The Labute approximate surface area is 100 Å². The number of halogens is 1. The van der Waals surface area contributed by atoms with E-state index in [2.05, 4.69) is 28.2 Å². The fourth-order valence-corrected chi connectivity index (χ4v) is 3.16. The molecule has 0 aromatic carbocycles. The summed E-state index contributed by atoms with van der Waals surface area (Å²) in [6.07, 6.45) is 7.09. The van der Waals surface area contributed by atoms with Crippen LogP contribution in [-0.4, -0.2) is 17.8 Å². The van der Waals surface area contributed by atoms with Crippen molar-refractivity contribution >= 4 is 21.8 Å². The molecule has 2 nitrogen and oxygen atoms in total. The first-order valence-corrected chi connectivity index (χ1v) is 7.07. The Bertz CT molecular complexity index is 254. The van der Waals surface area contributed by atoms with Gasteiger partial charge in [-0.2, -0.15) is 0 Å². The lowest BCUT2D eigenvalue weighted by Crippen LogP contribution is -2.40. The molecule has 0 bridgehead atoms. The molecular formula is C12H20BrNO. The van der Waals surface area contributed by atoms with Gasteiger partial charge in [-0.1, -0.05) is 35.7 Å². The Morgan fingerprint density at radius 2 is 1.87 bits per heavy atom. The van der Waals surface area contributed by atoms with Crippen LogP contribution in [0.2, 0.25) is 0 Å². The largest absolute Gasteiger partial charge is 0.355 e. The number of nitrogens with one attached hydrogen (secondary N) is 1. The average Bonchev–Trinajstić information content (AvgIpc) is 2.90. The summed E-state index contributed by atoms with van der Waals surface area (Å²) in [6, 6.07) is 0. The third-order valence-corrected chi connectivity index (χ3v) is 5.31. The van der Waals surface area contributed by atoms with Gasteiger partial charge in [0.25, 0.3) is 0 Å². The van der Waals surface area contributed by atoms with E-state index in [1.165, 1.54) is 25.7 Å². The molecule has 0 spiro atoms. The van der Waals surface area contributed by atoms with Gasteiger partial charge in [-0.3, -0.25) is 4.79 Å². The summed E-state index contributed by atoms with van der Waals surface area (Å²) in [6.45, 7) is 2.98. The molecule has 0 unspecified atom stereocenters. The molecule has 0 atom stereocenters. The molecule has 2 aliphatic rings. The van der Waals surface area contributed by atoms with Crippen LogP contribution in [0.3, 0.4) is 0 Å². The van der Waals surface area contributed by atoms with E-state index in [0.29, 0.717) is 5.41 Å². The van der Waals surface area contributed by atoms with Gasteiger partial charge in [-0.05, 0) is 31.1 Å². The van der Waals surface area contributed by atoms with Gasteiger partial charge in [0.1, 0.15) is 0 Å². The highest BCUT2D eigenvalue weighted by Gasteiger charge is 2.43. The molecule has 2 saturated carbocycles. The van der Waals surface area contributed by atoms with Crippen LogP contribution >= 0.6 is 15.9 Å². The van der Waals surface area contributed by atoms with Crippen molar-refractivity contribution in [3.05, 3.63) is 0 Å². The zero-order valence-electron chi connectivity index (χ0n) is 9.44. The van der Waals surface area contributed by atoms with Gasteiger partial charge in [0, 0.05) is 17.3 Å². The number of carbonyl (C=O) groups excluding carboxylic acids is 1. The second kappa shape index (κ2) is 4.08. The SMILES string of the molecule is CC1(C(=O)NCC2(CBr)CC2)CCCC1. The van der Waals surface area contributed by atoms with Crippen molar-refractivity contribution < 1.29 is 4.79 Å². The topological polar surface area (TPSA) is 29.1 Å². The van der Waals surface area contributed by atoms with Crippen LogP contribution in [0.15, 0.2) is 0 Å². The summed E-state index contributed by atoms with van der Waals surface area (Å²) in [7, 11) is 0. The first-order valence-electron chi connectivity index (χ1n) is 5.95. The number of alkyl halides is 1. The Morgan fingerprint density at radius 1 is 1.27 bits per heavy atom. The lowest BCUT2D eigenvalue weighted by molar-refractivity contribution is -0.130. The summed E-state index contributed by atoms with van der Waals surface area (Å²) in [5, 5.41) is 4.17. The molecule has 2 fully saturated rings. The molecule has 0 aromatic rings. The van der Waals surface area contributed by atoms with E-state index in [0.717, 1.165) is 24.7 Å². The maximum absolute atomic E-state index is 12.0. The first-order chi connectivity index (χ1) is 7.10. The van der Waals surface area contributed by atoms with E-state index in [4.69, 9.17) is 0 Å². The molecule has 3 heteroatoms. The standard InChI is InChI=1S/C12H20BrNO/c1-11(4-2-3-5-11)10(15)14-9-12(8-13)6-7-12/h2-9H2,1H3,(H,14,15). The van der Waals surface area contributed by atoms with E-state index in [1.807, 2.05) is 0 Å². The highest BCUT2D eigenvalue weighted by atomic mass is 79.9. The highest BCUT2D eigenvalue weighted by molar-refractivity contribution is 9.09. The van der Waals surface area contributed by atoms with Crippen molar-refractivity contribution in [3.8, 4) is 0 Å². The Morgan fingerprint density at radius 3 is 2.33 bits per heavy atom. The van der Waals surface area contributed by atoms with Crippen LogP contribution in [0, 0.1) is 10.8 Å². The number of hydrogen-bond acceptors (Lipinski definition) is 1. The predicted molar refractivity (Wildman–Crippen MR) is 65.0 cm³/mol. The number of amides is 1. The fraction of sp³-hybridized carbons (Fsp3) is 0.917. The monoisotopic (exact) mass is 273 g/mol. The number of carbonyl (C=O) groups is 1. The van der Waals surface area contributed by atoms with E-state index in [1.54, 1.807) is 0 Å². The lowest BCUT2D eigenvalue weighted by Gasteiger charge is -2.24. The van der Waals surface area contributed by atoms with Gasteiger partial charge in [-0.15, -0.1) is 0 Å². The highest BCUT2D eigenvalue weighted by Crippen LogP contribution is 2.46. The molecule has 1 N–H and O–H groups in total. The molecule has 0 heterocycles. The van der Waals surface area contributed by atoms with Crippen molar-refractivity contribution in [2.24, 2.45) is 10.8 Å². The molecule has 15 heavy (non-hydrogen) atoms. The van der Waals surface area contributed by atoms with Gasteiger partial charge >= 0.3 is 0 Å². The molecule has 2 aliphatic carbocycles. The molecular weight excluding hydrogens is 254 g/mol. The van der Waals surface area contributed by atoms with Gasteiger partial charge < -0.3 is 5.32 Å². The summed E-state index contributed by atoms with van der Waals surface area (Å²) < 4.78 is 0. The molecule has 1 amide bonds. The minimum atomic E-state index is -0.0671. The van der Waals surface area contributed by atoms with Crippen LogP contribution in [0.25, 0.3) is 0 Å². The summed E-state index contributed by atoms with van der Waals surface area (Å²) in [5.41, 5.74) is 0.326. The van der Waals surface area contributed by atoms with Crippen LogP contribution in [0.4, 0.5) is 0 Å². The number of hydrogen-bond donors (Lipinski definition) is 1. The van der Waals surface area contributed by atoms with Crippen LogP contribution < -0.4 is 5.32 Å². The van der Waals surface area contributed by atoms with Gasteiger partial charge in [0.05, 0.1) is 0 Å². The third-order valence-electron chi connectivity index (χ3n) is 4.12. The minimum Gasteiger partial charge on any atom is -0.355 e. The average molecular weight is 274 g/mol. The smallest absolute Gasteiger partial charge is 0.225 e. The second-order valence-electron chi connectivity index (χ2n) is 5.58. The zero-order valence-corrected chi connectivity index (χ0v) is 11.0. The van der Waals surface area contributed by atoms with E-state index >= 15 is 0 Å². The van der Waals surface area contributed by atoms with E-state index in [-0.39, 0.29) is 11.3 Å². The maximum Gasteiger partial charge on any atom is 0.225 e. The molecule has 0 radical (unpaired) electrons. The molecule has 0 aliphatic heterocycles. The quantitative estimate of drug-likeness (QED) is 0.785. The van der Waals surface area contributed by atoms with E-state index in [9.17, 15) is 4.79 Å². The van der Waals surface area contributed by atoms with Crippen LogP contribution in [0.5, 0.6) is 0 Å². The summed E-state index contributed by atoms with van der Waals surface area (Å²) in [5.74, 6) is 0.284. The zero-order chi connectivity index (χ0) is 10.9. The molecule has 86 valence electrons. The van der Waals surface area contributed by atoms with Crippen molar-refractivity contribution in [1.82, 2.24) is 5.32 Å². The Kier molecular flexibility index (Phi) is 3.11. The van der Waals surface area contributed by atoms with Crippen LogP contribution in [0.1, 0.15) is 45.4 Å². The maximum atomic E-state index is 12.0. The summed E-state index contributed by atoms with van der Waals surface area (Å²) >= 11 is 3.53. The fourth-order valence-electron chi connectivity index (χ4n) is 2.40. The third kappa shape index (κ3) is 2.38. The van der Waals surface area contributed by atoms with Crippen molar-refractivity contribution in [2.75, 3.05) is 11.9 Å². The van der Waals surface area contributed by atoms with Gasteiger partial charge in [-0.25, -0.2) is 0 Å². The normalized spacial score (nSPS) is 26.3. The van der Waals surface area contributed by atoms with Gasteiger partial charge in [0.15, 0.2) is 0 Å². The Hall–Kier alpha value is -0.0500. The van der Waals surface area contributed by atoms with Crippen LogP contribution in [-0.2, 0) is 4.79 Å². The Balaban J connectivity index is 1.82. The van der Waals surface area contributed by atoms with Crippen molar-refractivity contribution in [1.29, 1.82) is 0 Å². The lowest BCUT2D eigenvalue weighted by atomic mass is 9.87. The first kappa shape index (κ1) is 11.4. The predicted octanol–water partition coefficient (Wildman–Crippen LogP) is 2.86. The minimum absolute atomic E-state index is 0.0671. The molecule has 0 aromatic heterocycles. The number of rotatable bonds is 4. The van der Waals surface area contributed by atoms with Crippen molar-refractivity contribution in [2.45, 2.75) is 45.4 Å². The second-order valence-corrected chi connectivity index (χ2v) is 6.14. The van der Waals surface area contributed by atoms with Crippen molar-refractivity contribution in [3.63, 3.8) is 0 Å².